The van der Waals surface area contributed by atoms with Crippen molar-refractivity contribution in [3.8, 4) is 5.75 Å². The summed E-state index contributed by atoms with van der Waals surface area (Å²) in [6.07, 6.45) is 4.84. The fraction of sp³-hybridized carbons (Fsp3) is 0.562. The topological polar surface area (TPSA) is 65.0 Å². The molecule has 0 saturated heterocycles. The molecular formula is C16H22O5. The summed E-state index contributed by atoms with van der Waals surface area (Å²) in [5.41, 5.74) is 0.256. The summed E-state index contributed by atoms with van der Waals surface area (Å²) in [6, 6.07) is 6.38. The molecule has 0 radical (unpaired) electrons. The van der Waals surface area contributed by atoms with Crippen molar-refractivity contribution in [3.63, 3.8) is 0 Å². The van der Waals surface area contributed by atoms with Crippen LogP contribution in [0.1, 0.15) is 36.0 Å². The Labute approximate surface area is 124 Å². The van der Waals surface area contributed by atoms with Crippen LogP contribution in [0.4, 0.5) is 0 Å². The fourth-order valence-electron chi connectivity index (χ4n) is 2.54. The Kier molecular flexibility index (Phi) is 6.02. The molecule has 0 heterocycles. The average molecular weight is 294 g/mol. The molecule has 1 aliphatic carbocycles. The smallest absolute Gasteiger partial charge is 0.335 e. The number of rotatable bonds is 7. The molecule has 21 heavy (non-hydrogen) atoms. The molecule has 1 aliphatic rings. The van der Waals surface area contributed by atoms with Crippen molar-refractivity contribution < 1.29 is 24.1 Å². The summed E-state index contributed by atoms with van der Waals surface area (Å²) in [7, 11) is 1.75. The van der Waals surface area contributed by atoms with E-state index in [0.29, 0.717) is 25.1 Å². The molecule has 0 amide bonds. The van der Waals surface area contributed by atoms with E-state index < -0.39 is 5.97 Å². The lowest BCUT2D eigenvalue weighted by molar-refractivity contribution is -0.0362. The van der Waals surface area contributed by atoms with Crippen LogP contribution in [-0.2, 0) is 9.47 Å². The average Bonchev–Trinajstić information content (AvgIpc) is 2.52. The van der Waals surface area contributed by atoms with E-state index in [-0.39, 0.29) is 11.7 Å². The third-order valence-electron chi connectivity index (χ3n) is 3.72. The van der Waals surface area contributed by atoms with Gasteiger partial charge >= 0.3 is 5.97 Å². The highest BCUT2D eigenvalue weighted by atomic mass is 16.5. The maximum atomic E-state index is 10.7. The number of ether oxygens (including phenoxy) is 3. The van der Waals surface area contributed by atoms with Crippen LogP contribution < -0.4 is 4.74 Å². The summed E-state index contributed by atoms with van der Waals surface area (Å²) >= 11 is 0. The predicted octanol–water partition coefficient (Wildman–Crippen LogP) is 2.74. The van der Waals surface area contributed by atoms with Crippen molar-refractivity contribution >= 4 is 5.97 Å². The lowest BCUT2D eigenvalue weighted by Crippen LogP contribution is -2.28. The minimum atomic E-state index is -0.935. The maximum absolute atomic E-state index is 10.7. The van der Waals surface area contributed by atoms with Crippen molar-refractivity contribution in [2.24, 2.45) is 0 Å². The van der Waals surface area contributed by atoms with E-state index in [1.54, 1.807) is 19.2 Å². The highest BCUT2D eigenvalue weighted by Crippen LogP contribution is 2.23. The molecule has 2 unspecified atom stereocenters. The predicted molar refractivity (Wildman–Crippen MR) is 77.9 cm³/mol. The van der Waals surface area contributed by atoms with Crippen LogP contribution >= 0.6 is 0 Å². The molecule has 1 N–H and O–H groups in total. The summed E-state index contributed by atoms with van der Waals surface area (Å²) in [5.74, 6) is -0.281. The van der Waals surface area contributed by atoms with Crippen molar-refractivity contribution in [3.05, 3.63) is 29.8 Å². The molecule has 2 atom stereocenters. The molecule has 0 bridgehead atoms. The van der Waals surface area contributed by atoms with Crippen LogP contribution in [0.3, 0.4) is 0 Å². The minimum Gasteiger partial charge on any atom is -0.491 e. The van der Waals surface area contributed by atoms with Crippen LogP contribution in [0.25, 0.3) is 0 Å². The van der Waals surface area contributed by atoms with Gasteiger partial charge in [-0.3, -0.25) is 0 Å². The maximum Gasteiger partial charge on any atom is 0.335 e. The number of carboxylic acid groups (broad SMARTS) is 1. The van der Waals surface area contributed by atoms with Crippen molar-refractivity contribution in [1.82, 2.24) is 0 Å². The van der Waals surface area contributed by atoms with Gasteiger partial charge in [0.2, 0.25) is 0 Å². The third kappa shape index (κ3) is 5.02. The van der Waals surface area contributed by atoms with Gasteiger partial charge in [-0.2, -0.15) is 0 Å². The largest absolute Gasteiger partial charge is 0.491 e. The Morgan fingerprint density at radius 3 is 2.57 bits per heavy atom. The zero-order chi connectivity index (χ0) is 15.1. The van der Waals surface area contributed by atoms with Crippen LogP contribution in [-0.4, -0.2) is 43.6 Å². The molecule has 5 heteroatoms. The van der Waals surface area contributed by atoms with Crippen LogP contribution in [0.15, 0.2) is 24.3 Å². The van der Waals surface area contributed by atoms with Gasteiger partial charge in [0.15, 0.2) is 0 Å². The number of aromatic carboxylic acids is 1. The number of methoxy groups -OCH3 is 1. The van der Waals surface area contributed by atoms with Gasteiger partial charge in [0.1, 0.15) is 12.4 Å². The summed E-state index contributed by atoms with van der Waals surface area (Å²) in [5, 5.41) is 8.80. The van der Waals surface area contributed by atoms with Crippen molar-refractivity contribution in [1.29, 1.82) is 0 Å². The molecule has 2 rings (SSSR count). The first-order valence-electron chi connectivity index (χ1n) is 7.29. The van der Waals surface area contributed by atoms with E-state index in [0.717, 1.165) is 25.7 Å². The van der Waals surface area contributed by atoms with E-state index in [1.165, 1.54) is 12.1 Å². The second kappa shape index (κ2) is 8.00. The standard InChI is InChI=1S/C16H22O5/c1-19-14-3-2-4-15(11-14)21-10-9-20-13-7-5-12(6-8-13)16(17)18/h5-8,14-15H,2-4,9-11H2,1H3,(H,17,18). The van der Waals surface area contributed by atoms with Crippen molar-refractivity contribution in [2.45, 2.75) is 37.9 Å². The molecule has 0 aromatic heterocycles. The van der Waals surface area contributed by atoms with Gasteiger partial charge < -0.3 is 19.3 Å². The highest BCUT2D eigenvalue weighted by molar-refractivity contribution is 5.87. The molecule has 0 spiro atoms. The molecule has 116 valence electrons. The van der Waals surface area contributed by atoms with E-state index in [1.807, 2.05) is 0 Å². The van der Waals surface area contributed by atoms with E-state index in [2.05, 4.69) is 0 Å². The fourth-order valence-corrected chi connectivity index (χ4v) is 2.54. The minimum absolute atomic E-state index is 0.252. The van der Waals surface area contributed by atoms with Crippen LogP contribution in [0.5, 0.6) is 5.75 Å². The van der Waals surface area contributed by atoms with Gasteiger partial charge in [0.25, 0.3) is 0 Å². The van der Waals surface area contributed by atoms with Gasteiger partial charge in [-0.05, 0) is 49.9 Å². The van der Waals surface area contributed by atoms with Crippen LogP contribution in [0, 0.1) is 0 Å². The molecule has 1 aromatic rings. The monoisotopic (exact) mass is 294 g/mol. The first-order chi connectivity index (χ1) is 10.2. The summed E-state index contributed by atoms with van der Waals surface area (Å²) < 4.78 is 16.7. The van der Waals surface area contributed by atoms with Gasteiger partial charge in [-0.15, -0.1) is 0 Å². The number of hydrogen-bond donors (Lipinski definition) is 1. The van der Waals surface area contributed by atoms with Gasteiger partial charge in [0.05, 0.1) is 24.4 Å². The molecule has 1 saturated carbocycles. The summed E-state index contributed by atoms with van der Waals surface area (Å²) in [4.78, 5) is 10.7. The summed E-state index contributed by atoms with van der Waals surface area (Å²) in [6.45, 7) is 0.988. The zero-order valence-corrected chi connectivity index (χ0v) is 12.3. The zero-order valence-electron chi connectivity index (χ0n) is 12.3. The van der Waals surface area contributed by atoms with Crippen LogP contribution in [0.2, 0.25) is 0 Å². The quantitative estimate of drug-likeness (QED) is 0.783. The lowest BCUT2D eigenvalue weighted by atomic mass is 9.95. The Hall–Kier alpha value is -1.59. The second-order valence-electron chi connectivity index (χ2n) is 5.20. The number of carbonyl (C=O) groups is 1. The lowest BCUT2D eigenvalue weighted by Gasteiger charge is -2.28. The molecule has 5 nitrogen and oxygen atoms in total. The van der Waals surface area contributed by atoms with Gasteiger partial charge in [0, 0.05) is 7.11 Å². The number of carboxylic acids is 1. The van der Waals surface area contributed by atoms with E-state index in [9.17, 15) is 4.79 Å². The Morgan fingerprint density at radius 2 is 1.90 bits per heavy atom. The van der Waals surface area contributed by atoms with Gasteiger partial charge in [-0.25, -0.2) is 4.79 Å². The van der Waals surface area contributed by atoms with Crippen molar-refractivity contribution in [2.75, 3.05) is 20.3 Å². The number of hydrogen-bond acceptors (Lipinski definition) is 4. The first kappa shape index (κ1) is 15.8. The van der Waals surface area contributed by atoms with Gasteiger partial charge in [-0.1, -0.05) is 0 Å². The Bertz CT molecular complexity index is 442. The third-order valence-corrected chi connectivity index (χ3v) is 3.72. The molecular weight excluding hydrogens is 272 g/mol. The normalized spacial score (nSPS) is 22.0. The molecule has 0 aliphatic heterocycles. The highest BCUT2D eigenvalue weighted by Gasteiger charge is 2.21. The second-order valence-corrected chi connectivity index (χ2v) is 5.20. The Balaban J connectivity index is 1.66. The Morgan fingerprint density at radius 1 is 1.19 bits per heavy atom. The number of benzene rings is 1. The first-order valence-corrected chi connectivity index (χ1v) is 7.29. The molecule has 1 fully saturated rings. The SMILES string of the molecule is COC1CCCC(OCCOc2ccc(C(=O)O)cc2)C1. The molecule has 1 aromatic carbocycles. The van der Waals surface area contributed by atoms with E-state index >= 15 is 0 Å². The van der Waals surface area contributed by atoms with E-state index in [4.69, 9.17) is 19.3 Å².